The first-order valence-corrected chi connectivity index (χ1v) is 8.53. The van der Waals surface area contributed by atoms with Crippen molar-refractivity contribution >= 4 is 0 Å². The molecule has 0 spiro atoms. The lowest BCUT2D eigenvalue weighted by molar-refractivity contribution is 0.203. The molecular formula is C19H27N3O2. The van der Waals surface area contributed by atoms with Gasteiger partial charge in [-0.15, -0.1) is 0 Å². The summed E-state index contributed by atoms with van der Waals surface area (Å²) in [7, 11) is 0. The second-order valence-electron chi connectivity index (χ2n) is 5.80. The Labute approximate surface area is 144 Å². The summed E-state index contributed by atoms with van der Waals surface area (Å²) in [6.45, 7) is 10.1. The Morgan fingerprint density at radius 2 is 1.92 bits per heavy atom. The van der Waals surface area contributed by atoms with Crippen LogP contribution in [0.1, 0.15) is 44.1 Å². The largest absolute Gasteiger partial charge is 0.490 e. The van der Waals surface area contributed by atoms with Gasteiger partial charge in [0.15, 0.2) is 11.5 Å². The zero-order valence-corrected chi connectivity index (χ0v) is 15.0. The molecule has 2 rings (SSSR count). The number of aromatic nitrogens is 2. The number of nitrogens with zero attached hydrogens (tertiary/aromatic N) is 2. The van der Waals surface area contributed by atoms with Crippen LogP contribution in [-0.4, -0.2) is 22.7 Å². The highest BCUT2D eigenvalue weighted by molar-refractivity contribution is 5.43. The molecule has 0 fully saturated rings. The predicted octanol–water partition coefficient (Wildman–Crippen LogP) is 3.65. The molecule has 1 aromatic carbocycles. The zero-order chi connectivity index (χ0) is 17.4. The zero-order valence-electron chi connectivity index (χ0n) is 15.0. The van der Waals surface area contributed by atoms with Gasteiger partial charge in [0.05, 0.1) is 24.1 Å². The average Bonchev–Trinajstić information content (AvgIpc) is 2.59. The predicted molar refractivity (Wildman–Crippen MR) is 95.3 cm³/mol. The van der Waals surface area contributed by atoms with Crippen molar-refractivity contribution < 1.29 is 9.47 Å². The first-order valence-electron chi connectivity index (χ1n) is 8.53. The molecule has 0 amide bonds. The maximum Gasteiger partial charge on any atom is 0.161 e. The Morgan fingerprint density at radius 3 is 2.58 bits per heavy atom. The summed E-state index contributed by atoms with van der Waals surface area (Å²) >= 11 is 0. The van der Waals surface area contributed by atoms with Crippen LogP contribution >= 0.6 is 0 Å². The van der Waals surface area contributed by atoms with Gasteiger partial charge in [-0.3, -0.25) is 9.97 Å². The molecule has 5 nitrogen and oxygen atoms in total. The number of nitrogens with one attached hydrogen (secondary N) is 1. The molecule has 1 atom stereocenters. The van der Waals surface area contributed by atoms with E-state index in [0.717, 1.165) is 41.4 Å². The minimum Gasteiger partial charge on any atom is -0.490 e. The van der Waals surface area contributed by atoms with E-state index in [1.807, 2.05) is 26.0 Å². The van der Waals surface area contributed by atoms with E-state index in [1.54, 1.807) is 12.4 Å². The molecule has 1 unspecified atom stereocenters. The third-order valence-electron chi connectivity index (χ3n) is 3.68. The fraction of sp³-hybridized carbons (Fsp3) is 0.474. The summed E-state index contributed by atoms with van der Waals surface area (Å²) in [5.41, 5.74) is 3.01. The molecule has 0 aliphatic heterocycles. The third-order valence-corrected chi connectivity index (χ3v) is 3.68. The van der Waals surface area contributed by atoms with Gasteiger partial charge in [-0.2, -0.15) is 0 Å². The molecule has 0 bridgehead atoms. The van der Waals surface area contributed by atoms with Crippen molar-refractivity contribution in [2.45, 2.75) is 53.3 Å². The van der Waals surface area contributed by atoms with E-state index in [-0.39, 0.29) is 6.10 Å². The SMILES string of the molecule is CCOc1cc(CNCc2cnc(C)cn2)ccc1OC(C)CC. The number of hydrogen-bond donors (Lipinski definition) is 1. The molecule has 0 saturated heterocycles. The second-order valence-corrected chi connectivity index (χ2v) is 5.80. The Bertz CT molecular complexity index is 629. The molecule has 1 aromatic heterocycles. The average molecular weight is 329 g/mol. The highest BCUT2D eigenvalue weighted by Gasteiger charge is 2.09. The molecule has 24 heavy (non-hydrogen) atoms. The van der Waals surface area contributed by atoms with E-state index in [1.165, 1.54) is 0 Å². The smallest absolute Gasteiger partial charge is 0.161 e. The summed E-state index contributed by atoms with van der Waals surface area (Å²) in [6.07, 6.45) is 4.72. The maximum atomic E-state index is 5.92. The summed E-state index contributed by atoms with van der Waals surface area (Å²) in [5.74, 6) is 1.60. The third kappa shape index (κ3) is 5.49. The van der Waals surface area contributed by atoms with E-state index >= 15 is 0 Å². The fourth-order valence-electron chi connectivity index (χ4n) is 2.17. The Hall–Kier alpha value is -2.14. The van der Waals surface area contributed by atoms with Crippen molar-refractivity contribution in [1.82, 2.24) is 15.3 Å². The highest BCUT2D eigenvalue weighted by atomic mass is 16.5. The molecule has 5 heteroatoms. The lowest BCUT2D eigenvalue weighted by Gasteiger charge is -2.17. The topological polar surface area (TPSA) is 56.3 Å². The van der Waals surface area contributed by atoms with Crippen molar-refractivity contribution in [3.8, 4) is 11.5 Å². The van der Waals surface area contributed by atoms with Crippen molar-refractivity contribution in [1.29, 1.82) is 0 Å². The van der Waals surface area contributed by atoms with Gasteiger partial charge in [0.1, 0.15) is 0 Å². The van der Waals surface area contributed by atoms with Crippen LogP contribution in [-0.2, 0) is 13.1 Å². The van der Waals surface area contributed by atoms with E-state index < -0.39 is 0 Å². The van der Waals surface area contributed by atoms with Crippen LogP contribution in [0.15, 0.2) is 30.6 Å². The first-order chi connectivity index (χ1) is 11.6. The van der Waals surface area contributed by atoms with Gasteiger partial charge >= 0.3 is 0 Å². The van der Waals surface area contributed by atoms with E-state index in [9.17, 15) is 0 Å². The van der Waals surface area contributed by atoms with Gasteiger partial charge in [-0.1, -0.05) is 13.0 Å². The van der Waals surface area contributed by atoms with Gasteiger partial charge in [0, 0.05) is 25.5 Å². The van der Waals surface area contributed by atoms with Crippen LogP contribution in [0.2, 0.25) is 0 Å². The van der Waals surface area contributed by atoms with Crippen molar-refractivity contribution in [2.75, 3.05) is 6.61 Å². The minimum absolute atomic E-state index is 0.174. The van der Waals surface area contributed by atoms with Crippen molar-refractivity contribution in [2.24, 2.45) is 0 Å². The quantitative estimate of drug-likeness (QED) is 0.761. The molecule has 130 valence electrons. The number of rotatable bonds is 9. The number of hydrogen-bond acceptors (Lipinski definition) is 5. The number of ether oxygens (including phenoxy) is 2. The van der Waals surface area contributed by atoms with Crippen LogP contribution in [0.3, 0.4) is 0 Å². The van der Waals surface area contributed by atoms with Crippen LogP contribution < -0.4 is 14.8 Å². The maximum absolute atomic E-state index is 5.92. The van der Waals surface area contributed by atoms with Crippen LogP contribution in [0, 0.1) is 6.92 Å². The Balaban J connectivity index is 1.97. The summed E-state index contributed by atoms with van der Waals surface area (Å²) in [5, 5.41) is 3.38. The Kier molecular flexibility index (Phi) is 7.00. The molecular weight excluding hydrogens is 302 g/mol. The van der Waals surface area contributed by atoms with Crippen molar-refractivity contribution in [3.63, 3.8) is 0 Å². The van der Waals surface area contributed by atoms with Crippen LogP contribution in [0.4, 0.5) is 0 Å². The summed E-state index contributed by atoms with van der Waals surface area (Å²) < 4.78 is 11.6. The van der Waals surface area contributed by atoms with Crippen molar-refractivity contribution in [3.05, 3.63) is 47.5 Å². The van der Waals surface area contributed by atoms with Gasteiger partial charge in [0.25, 0.3) is 0 Å². The van der Waals surface area contributed by atoms with Gasteiger partial charge in [-0.05, 0) is 44.9 Å². The molecule has 0 aliphatic carbocycles. The molecule has 1 N–H and O–H groups in total. The summed E-state index contributed by atoms with van der Waals surface area (Å²) in [6, 6.07) is 6.09. The highest BCUT2D eigenvalue weighted by Crippen LogP contribution is 2.29. The lowest BCUT2D eigenvalue weighted by atomic mass is 10.2. The molecule has 1 heterocycles. The minimum atomic E-state index is 0.174. The second kappa shape index (κ2) is 9.23. The lowest BCUT2D eigenvalue weighted by Crippen LogP contribution is -2.15. The van der Waals surface area contributed by atoms with E-state index in [0.29, 0.717) is 13.2 Å². The molecule has 0 aliphatic rings. The molecule has 0 radical (unpaired) electrons. The van der Waals surface area contributed by atoms with E-state index in [4.69, 9.17) is 9.47 Å². The fourth-order valence-corrected chi connectivity index (χ4v) is 2.17. The van der Waals surface area contributed by atoms with Gasteiger partial charge in [-0.25, -0.2) is 0 Å². The number of aryl methyl sites for hydroxylation is 1. The summed E-state index contributed by atoms with van der Waals surface area (Å²) in [4.78, 5) is 8.59. The molecule has 2 aromatic rings. The van der Waals surface area contributed by atoms with E-state index in [2.05, 4.69) is 35.2 Å². The van der Waals surface area contributed by atoms with Crippen LogP contribution in [0.5, 0.6) is 11.5 Å². The first kappa shape index (κ1) is 18.2. The van der Waals surface area contributed by atoms with Gasteiger partial charge < -0.3 is 14.8 Å². The van der Waals surface area contributed by atoms with Gasteiger partial charge in [0.2, 0.25) is 0 Å². The molecule has 0 saturated carbocycles. The van der Waals surface area contributed by atoms with Crippen LogP contribution in [0.25, 0.3) is 0 Å². The Morgan fingerprint density at radius 1 is 1.08 bits per heavy atom. The normalized spacial score (nSPS) is 12.0. The number of benzene rings is 1. The standard InChI is InChI=1S/C19H27N3O2/c1-5-15(4)24-18-8-7-16(9-19(18)23-6-2)11-20-12-17-13-21-14(3)10-22-17/h7-10,13,15,20H,5-6,11-12H2,1-4H3. The monoisotopic (exact) mass is 329 g/mol.